The smallest absolute Gasteiger partial charge is 0.150 e. The Labute approximate surface area is 82.2 Å². The van der Waals surface area contributed by atoms with Crippen LogP contribution in [0.5, 0.6) is 5.75 Å². The number of fused-ring (bicyclic) bond motifs is 1. The normalized spacial score (nSPS) is 10.4. The summed E-state index contributed by atoms with van der Waals surface area (Å²) in [5, 5.41) is 9.27. The van der Waals surface area contributed by atoms with E-state index in [4.69, 9.17) is 0 Å². The van der Waals surface area contributed by atoms with E-state index < -0.39 is 0 Å². The van der Waals surface area contributed by atoms with Crippen molar-refractivity contribution in [1.29, 1.82) is 0 Å². The van der Waals surface area contributed by atoms with E-state index in [1.807, 2.05) is 19.1 Å². The fraction of sp³-hybridized carbons (Fsp3) is 0.0833. The fourth-order valence-corrected chi connectivity index (χ4v) is 1.64. The first-order chi connectivity index (χ1) is 6.72. The van der Waals surface area contributed by atoms with Crippen LogP contribution in [-0.2, 0) is 0 Å². The lowest BCUT2D eigenvalue weighted by molar-refractivity contribution is 0.112. The first-order valence-electron chi connectivity index (χ1n) is 4.40. The zero-order valence-electron chi connectivity index (χ0n) is 7.82. The zero-order valence-corrected chi connectivity index (χ0v) is 7.82. The van der Waals surface area contributed by atoms with E-state index in [-0.39, 0.29) is 5.75 Å². The van der Waals surface area contributed by atoms with Crippen LogP contribution in [0.4, 0.5) is 0 Å². The summed E-state index contributed by atoms with van der Waals surface area (Å²) in [6.07, 6.45) is 0.856. The van der Waals surface area contributed by atoms with Crippen molar-refractivity contribution in [3.8, 4) is 16.9 Å². The second kappa shape index (κ2) is 3.14. The van der Waals surface area contributed by atoms with Crippen molar-refractivity contribution in [2.75, 3.05) is 0 Å². The number of carbonyl (C=O) groups is 1. The summed E-state index contributed by atoms with van der Waals surface area (Å²) in [6.45, 7) is 1.91. The molecule has 0 saturated heterocycles. The Morgan fingerprint density at radius 3 is 2.64 bits per heavy atom. The number of aryl methyl sites for hydroxylation is 1. The molecule has 0 fully saturated rings. The van der Waals surface area contributed by atoms with Crippen molar-refractivity contribution in [2.45, 2.75) is 6.92 Å². The van der Waals surface area contributed by atoms with Gasteiger partial charge in [0.2, 0.25) is 0 Å². The van der Waals surface area contributed by atoms with Gasteiger partial charge in [0.25, 0.3) is 0 Å². The third-order valence-electron chi connectivity index (χ3n) is 2.37. The molecule has 2 nitrogen and oxygen atoms in total. The van der Waals surface area contributed by atoms with Gasteiger partial charge >= 0.3 is 0 Å². The standard InChI is InChI=1S/C12H10O2/c1-8-6-9-2-3-10(14)4-5-11(9)12(8)7-13/h2-7,14H,1H3. The van der Waals surface area contributed by atoms with Crippen molar-refractivity contribution < 1.29 is 9.90 Å². The summed E-state index contributed by atoms with van der Waals surface area (Å²) in [7, 11) is 0. The lowest BCUT2D eigenvalue weighted by Crippen LogP contribution is -1.79. The Kier molecular flexibility index (Phi) is 1.97. The highest BCUT2D eigenvalue weighted by molar-refractivity contribution is 5.92. The van der Waals surface area contributed by atoms with Gasteiger partial charge in [-0.05, 0) is 41.8 Å². The third-order valence-corrected chi connectivity index (χ3v) is 2.37. The number of carbonyl (C=O) groups excluding carboxylic acids is 1. The van der Waals surface area contributed by atoms with Gasteiger partial charge in [0.1, 0.15) is 5.75 Å². The van der Waals surface area contributed by atoms with Crippen LogP contribution in [0.25, 0.3) is 11.1 Å². The highest BCUT2D eigenvalue weighted by atomic mass is 16.3. The van der Waals surface area contributed by atoms with E-state index in [1.54, 1.807) is 18.2 Å². The van der Waals surface area contributed by atoms with Crippen molar-refractivity contribution in [1.82, 2.24) is 0 Å². The maximum Gasteiger partial charge on any atom is 0.150 e. The quantitative estimate of drug-likeness (QED) is 0.695. The van der Waals surface area contributed by atoms with Crippen LogP contribution in [0.1, 0.15) is 15.9 Å². The first-order valence-corrected chi connectivity index (χ1v) is 4.40. The molecule has 2 rings (SSSR count). The van der Waals surface area contributed by atoms with Gasteiger partial charge in [-0.1, -0.05) is 12.1 Å². The molecule has 0 aromatic heterocycles. The summed E-state index contributed by atoms with van der Waals surface area (Å²) in [6, 6.07) is 8.73. The second-order valence-electron chi connectivity index (χ2n) is 3.32. The number of hydrogen-bond donors (Lipinski definition) is 1. The number of rotatable bonds is 1. The van der Waals surface area contributed by atoms with Crippen molar-refractivity contribution >= 4 is 6.29 Å². The summed E-state index contributed by atoms with van der Waals surface area (Å²) in [5.41, 5.74) is 3.54. The molecule has 0 bridgehead atoms. The first kappa shape index (κ1) is 8.75. The van der Waals surface area contributed by atoms with Crippen LogP contribution < -0.4 is 0 Å². The zero-order chi connectivity index (χ0) is 10.1. The topological polar surface area (TPSA) is 37.3 Å². The van der Waals surface area contributed by atoms with Crippen LogP contribution in [0, 0.1) is 6.92 Å². The van der Waals surface area contributed by atoms with Crippen LogP contribution in [0.15, 0.2) is 30.3 Å². The van der Waals surface area contributed by atoms with E-state index in [9.17, 15) is 9.90 Å². The summed E-state index contributed by atoms with van der Waals surface area (Å²) >= 11 is 0. The molecule has 0 radical (unpaired) electrons. The molecule has 0 unspecified atom stereocenters. The van der Waals surface area contributed by atoms with Gasteiger partial charge < -0.3 is 5.11 Å². The molecule has 2 heteroatoms. The molecular formula is C12H10O2. The third kappa shape index (κ3) is 1.25. The van der Waals surface area contributed by atoms with Crippen LogP contribution in [0.3, 0.4) is 0 Å². The van der Waals surface area contributed by atoms with Gasteiger partial charge in [0.15, 0.2) is 6.29 Å². The molecule has 14 heavy (non-hydrogen) atoms. The lowest BCUT2D eigenvalue weighted by atomic mass is 10.1. The van der Waals surface area contributed by atoms with E-state index in [0.717, 1.165) is 23.0 Å². The van der Waals surface area contributed by atoms with Gasteiger partial charge in [-0.2, -0.15) is 0 Å². The van der Waals surface area contributed by atoms with Gasteiger partial charge in [-0.15, -0.1) is 0 Å². The van der Waals surface area contributed by atoms with Gasteiger partial charge in [0, 0.05) is 5.56 Å². The number of aromatic hydroxyl groups is 1. The maximum absolute atomic E-state index is 10.8. The van der Waals surface area contributed by atoms with Crippen LogP contribution in [0.2, 0.25) is 0 Å². The summed E-state index contributed by atoms with van der Waals surface area (Å²) in [5.74, 6) is 0.204. The summed E-state index contributed by atoms with van der Waals surface area (Å²) in [4.78, 5) is 10.8. The Morgan fingerprint density at radius 2 is 1.93 bits per heavy atom. The fourth-order valence-electron chi connectivity index (χ4n) is 1.64. The molecule has 2 aliphatic rings. The van der Waals surface area contributed by atoms with Crippen molar-refractivity contribution in [3.63, 3.8) is 0 Å². The van der Waals surface area contributed by atoms with Crippen LogP contribution >= 0.6 is 0 Å². The second-order valence-corrected chi connectivity index (χ2v) is 3.32. The minimum atomic E-state index is 0.204. The van der Waals surface area contributed by atoms with E-state index in [2.05, 4.69) is 0 Å². The molecular weight excluding hydrogens is 176 g/mol. The Morgan fingerprint density at radius 1 is 1.21 bits per heavy atom. The molecule has 0 spiro atoms. The predicted octanol–water partition coefficient (Wildman–Crippen LogP) is 2.62. The number of hydrogen-bond acceptors (Lipinski definition) is 2. The molecule has 0 heterocycles. The molecule has 0 aliphatic heterocycles. The minimum absolute atomic E-state index is 0.204. The average Bonchev–Trinajstić information content (AvgIpc) is 2.36. The Bertz CT molecular complexity index is 460. The number of aldehydes is 1. The molecule has 1 N–H and O–H groups in total. The molecule has 0 aromatic carbocycles. The Balaban J connectivity index is 2.77. The van der Waals surface area contributed by atoms with E-state index >= 15 is 0 Å². The minimum Gasteiger partial charge on any atom is -0.508 e. The molecule has 2 aliphatic carbocycles. The summed E-state index contributed by atoms with van der Waals surface area (Å²) < 4.78 is 0. The molecule has 70 valence electrons. The van der Waals surface area contributed by atoms with Gasteiger partial charge in [-0.3, -0.25) is 4.79 Å². The molecule has 0 amide bonds. The lowest BCUT2D eigenvalue weighted by Gasteiger charge is -1.91. The molecule has 0 atom stereocenters. The maximum atomic E-state index is 10.8. The van der Waals surface area contributed by atoms with Gasteiger partial charge in [-0.25, -0.2) is 0 Å². The Hall–Kier alpha value is -1.83. The van der Waals surface area contributed by atoms with Crippen LogP contribution in [-0.4, -0.2) is 11.4 Å². The van der Waals surface area contributed by atoms with E-state index in [1.165, 1.54) is 0 Å². The monoisotopic (exact) mass is 186 g/mol. The van der Waals surface area contributed by atoms with Gasteiger partial charge in [0.05, 0.1) is 0 Å². The predicted molar refractivity (Wildman–Crippen MR) is 54.9 cm³/mol. The van der Waals surface area contributed by atoms with E-state index in [0.29, 0.717) is 5.56 Å². The largest absolute Gasteiger partial charge is 0.508 e. The van der Waals surface area contributed by atoms with Crippen molar-refractivity contribution in [3.05, 3.63) is 41.5 Å². The molecule has 0 aromatic rings. The average molecular weight is 186 g/mol. The highest BCUT2D eigenvalue weighted by Crippen LogP contribution is 2.30. The highest BCUT2D eigenvalue weighted by Gasteiger charge is 2.10. The van der Waals surface area contributed by atoms with Crippen molar-refractivity contribution in [2.24, 2.45) is 0 Å². The molecule has 0 saturated carbocycles. The SMILES string of the molecule is Cc1cc2ccc(O)ccc-2c1C=O.